The highest BCUT2D eigenvalue weighted by Gasteiger charge is 2.15. The molecule has 1 unspecified atom stereocenters. The van der Waals surface area contributed by atoms with Gasteiger partial charge in [-0.2, -0.15) is 8.42 Å². The van der Waals surface area contributed by atoms with Crippen LogP contribution in [-0.2, 0) is 21.5 Å². The molecule has 6 N–H and O–H groups in total. The van der Waals surface area contributed by atoms with Crippen molar-refractivity contribution in [1.29, 1.82) is 5.41 Å². The molecular formula is C11H15N3O4S. The number of carbonyl (C=O) groups is 1. The first-order chi connectivity index (χ1) is 8.82. The fraction of sp³-hybridized carbons (Fsp3) is 0.182. The molecule has 0 spiro atoms. The minimum absolute atomic E-state index is 0.185. The molecule has 1 aromatic rings. The molecule has 19 heavy (non-hydrogen) atoms. The maximum atomic E-state index is 10.7. The molecule has 0 saturated heterocycles. The van der Waals surface area contributed by atoms with Gasteiger partial charge in [0.2, 0.25) is 10.3 Å². The molecular weight excluding hydrogens is 270 g/mol. The van der Waals surface area contributed by atoms with Crippen molar-refractivity contribution in [1.82, 2.24) is 0 Å². The Morgan fingerprint density at radius 1 is 1.32 bits per heavy atom. The summed E-state index contributed by atoms with van der Waals surface area (Å²) >= 11 is 0. The summed E-state index contributed by atoms with van der Waals surface area (Å²) in [5.41, 5.74) is 9.74. The molecule has 0 heterocycles. The number of nitrogens with two attached hydrogens (primary N) is 2. The lowest BCUT2D eigenvalue weighted by Gasteiger charge is -2.04. The van der Waals surface area contributed by atoms with Crippen LogP contribution in [0.15, 0.2) is 30.3 Å². The van der Waals surface area contributed by atoms with Crippen LogP contribution in [0.4, 0.5) is 0 Å². The van der Waals surface area contributed by atoms with Crippen molar-refractivity contribution in [3.05, 3.63) is 35.9 Å². The smallest absolute Gasteiger partial charge is 0.311 e. The Bertz CT molecular complexity index is 543. The molecule has 0 bridgehead atoms. The van der Waals surface area contributed by atoms with E-state index in [0.29, 0.717) is 0 Å². The van der Waals surface area contributed by atoms with Gasteiger partial charge in [-0.15, -0.1) is 0 Å². The third-order valence-electron chi connectivity index (χ3n) is 1.89. The summed E-state index contributed by atoms with van der Waals surface area (Å²) in [5, 5.41) is 15.6. The fourth-order valence-electron chi connectivity index (χ4n) is 1.20. The number of carboxylic acid groups (broad SMARTS) is 1. The highest BCUT2D eigenvalue weighted by Crippen LogP contribution is 2.06. The average Bonchev–Trinajstić information content (AvgIpc) is 2.28. The predicted octanol–water partition coefficient (Wildman–Crippen LogP) is -0.550. The van der Waals surface area contributed by atoms with Crippen molar-refractivity contribution in [3.63, 3.8) is 0 Å². The van der Waals surface area contributed by atoms with Crippen LogP contribution in [0.1, 0.15) is 5.56 Å². The van der Waals surface area contributed by atoms with E-state index in [1.807, 2.05) is 6.07 Å². The molecule has 0 amide bonds. The van der Waals surface area contributed by atoms with Gasteiger partial charge in [-0.1, -0.05) is 30.3 Å². The number of aliphatic carboxylic acids is 1. The predicted molar refractivity (Wildman–Crippen MR) is 72.4 cm³/mol. The van der Waals surface area contributed by atoms with E-state index in [0.717, 1.165) is 10.9 Å². The SMILES string of the molecule is N=C(N)N.O=C(O)C(C=S(=O)=O)Cc1ccccc1. The lowest BCUT2D eigenvalue weighted by Crippen LogP contribution is -2.20. The maximum absolute atomic E-state index is 10.7. The number of benzene rings is 1. The van der Waals surface area contributed by atoms with E-state index in [-0.39, 0.29) is 12.4 Å². The molecule has 0 aromatic heterocycles. The highest BCUT2D eigenvalue weighted by atomic mass is 32.2. The van der Waals surface area contributed by atoms with Crippen molar-refractivity contribution in [2.24, 2.45) is 17.4 Å². The van der Waals surface area contributed by atoms with E-state index in [1.165, 1.54) is 0 Å². The zero-order valence-electron chi connectivity index (χ0n) is 9.98. The fourth-order valence-corrected chi connectivity index (χ4v) is 1.68. The van der Waals surface area contributed by atoms with Gasteiger partial charge in [0.25, 0.3) is 0 Å². The van der Waals surface area contributed by atoms with Gasteiger partial charge in [-0.3, -0.25) is 10.2 Å². The van der Waals surface area contributed by atoms with Crippen LogP contribution < -0.4 is 11.5 Å². The molecule has 0 fully saturated rings. The van der Waals surface area contributed by atoms with Crippen molar-refractivity contribution in [2.45, 2.75) is 6.42 Å². The largest absolute Gasteiger partial charge is 0.481 e. The van der Waals surface area contributed by atoms with Crippen molar-refractivity contribution in [2.75, 3.05) is 0 Å². The van der Waals surface area contributed by atoms with Crippen LogP contribution in [0.25, 0.3) is 0 Å². The van der Waals surface area contributed by atoms with E-state index in [9.17, 15) is 13.2 Å². The van der Waals surface area contributed by atoms with Crippen LogP contribution in [0.5, 0.6) is 0 Å². The second-order valence-electron chi connectivity index (χ2n) is 3.49. The van der Waals surface area contributed by atoms with Crippen molar-refractivity contribution in [3.8, 4) is 0 Å². The third-order valence-corrected chi connectivity index (χ3v) is 2.44. The first-order valence-electron chi connectivity index (χ1n) is 5.12. The van der Waals surface area contributed by atoms with Gasteiger partial charge in [-0.25, -0.2) is 0 Å². The number of hydrogen-bond acceptors (Lipinski definition) is 4. The first-order valence-corrected chi connectivity index (χ1v) is 6.26. The van der Waals surface area contributed by atoms with Gasteiger partial charge in [0.05, 0.1) is 11.3 Å². The highest BCUT2D eigenvalue weighted by molar-refractivity contribution is 7.71. The Morgan fingerprint density at radius 2 is 1.79 bits per heavy atom. The number of carboxylic acids is 1. The molecule has 1 aromatic carbocycles. The Kier molecular flexibility index (Phi) is 7.62. The van der Waals surface area contributed by atoms with Crippen LogP contribution in [0.2, 0.25) is 0 Å². The van der Waals surface area contributed by atoms with E-state index in [1.54, 1.807) is 24.3 Å². The van der Waals surface area contributed by atoms with E-state index in [2.05, 4.69) is 11.5 Å². The third kappa shape index (κ3) is 9.36. The summed E-state index contributed by atoms with van der Waals surface area (Å²) in [7, 11) is -2.45. The normalized spacial score (nSPS) is 10.5. The van der Waals surface area contributed by atoms with Crippen LogP contribution in [-0.4, -0.2) is 30.8 Å². The molecule has 0 saturated carbocycles. The summed E-state index contributed by atoms with van der Waals surface area (Å²) in [6.07, 6.45) is 0.185. The maximum Gasteiger partial charge on any atom is 0.311 e. The van der Waals surface area contributed by atoms with Crippen LogP contribution in [0, 0.1) is 11.3 Å². The lowest BCUT2D eigenvalue weighted by atomic mass is 10.0. The molecule has 1 atom stereocenters. The number of rotatable bonds is 4. The number of nitrogens with one attached hydrogen (secondary N) is 1. The summed E-state index contributed by atoms with van der Waals surface area (Å²) in [5.74, 6) is -2.46. The Labute approximate surface area is 111 Å². The summed E-state index contributed by atoms with van der Waals surface area (Å²) in [6.45, 7) is 0. The Balaban J connectivity index is 0.000000711. The monoisotopic (exact) mass is 285 g/mol. The topological polar surface area (TPSA) is 147 Å². The molecule has 0 radical (unpaired) electrons. The van der Waals surface area contributed by atoms with E-state index < -0.39 is 22.2 Å². The standard InChI is InChI=1S/C10H10O4S.CH5N3/c11-10(12)9(7-15(13)14)6-8-4-2-1-3-5-8;2-1(3)4/h1-5,7,9H,6H2,(H,11,12);(H5,2,3,4). The van der Waals surface area contributed by atoms with Gasteiger partial charge < -0.3 is 16.6 Å². The van der Waals surface area contributed by atoms with Gasteiger partial charge in [0.15, 0.2) is 5.96 Å². The number of hydrogen-bond donors (Lipinski definition) is 4. The second-order valence-corrected chi connectivity index (χ2v) is 4.28. The molecule has 8 heteroatoms. The molecule has 0 aliphatic heterocycles. The molecule has 0 aliphatic rings. The Hall–Kier alpha value is -2.35. The second kappa shape index (κ2) is 8.70. The summed E-state index contributed by atoms with van der Waals surface area (Å²) < 4.78 is 20.8. The van der Waals surface area contributed by atoms with E-state index >= 15 is 0 Å². The average molecular weight is 285 g/mol. The quantitative estimate of drug-likeness (QED) is 0.331. The molecule has 1 rings (SSSR count). The van der Waals surface area contributed by atoms with Gasteiger partial charge in [0, 0.05) is 0 Å². The number of guanidine groups is 1. The molecule has 0 aliphatic carbocycles. The Morgan fingerprint density at radius 3 is 2.16 bits per heavy atom. The van der Waals surface area contributed by atoms with Crippen LogP contribution >= 0.6 is 0 Å². The van der Waals surface area contributed by atoms with Gasteiger partial charge >= 0.3 is 5.97 Å². The minimum Gasteiger partial charge on any atom is -0.481 e. The lowest BCUT2D eigenvalue weighted by molar-refractivity contribution is -0.139. The zero-order valence-corrected chi connectivity index (χ0v) is 10.8. The summed E-state index contributed by atoms with van der Waals surface area (Å²) in [4.78, 5) is 10.7. The molecule has 104 valence electrons. The first kappa shape index (κ1) is 16.6. The van der Waals surface area contributed by atoms with E-state index in [4.69, 9.17) is 10.5 Å². The van der Waals surface area contributed by atoms with Gasteiger partial charge in [-0.05, 0) is 12.0 Å². The van der Waals surface area contributed by atoms with Crippen molar-refractivity contribution >= 4 is 27.6 Å². The van der Waals surface area contributed by atoms with Gasteiger partial charge in [0.1, 0.15) is 0 Å². The summed E-state index contributed by atoms with van der Waals surface area (Å²) in [6, 6.07) is 8.90. The van der Waals surface area contributed by atoms with Crippen LogP contribution in [0.3, 0.4) is 0 Å². The minimum atomic E-state index is -2.45. The van der Waals surface area contributed by atoms with Crippen molar-refractivity contribution < 1.29 is 18.3 Å². The molecule has 7 nitrogen and oxygen atoms in total. The zero-order chi connectivity index (χ0) is 14.8.